The normalized spacial score (nSPS) is 13.7. The lowest BCUT2D eigenvalue weighted by atomic mass is 10.1. The fraction of sp³-hybridized carbons (Fsp3) is 0.636. The summed E-state index contributed by atoms with van der Waals surface area (Å²) in [6, 6.07) is 2.67. The number of anilines is 1. The molecule has 21 nitrogen and oxygen atoms in total. The summed E-state index contributed by atoms with van der Waals surface area (Å²) in [6.45, 7) is 2.01. The molecule has 6 amide bonds. The van der Waals surface area contributed by atoms with Gasteiger partial charge in [-0.1, -0.05) is 0 Å². The molecule has 1 aliphatic carbocycles. The summed E-state index contributed by atoms with van der Waals surface area (Å²) in [6.07, 6.45) is 7.07. The van der Waals surface area contributed by atoms with Crippen LogP contribution >= 0.6 is 0 Å². The minimum Gasteiger partial charge on any atom is -0.477 e. The Morgan fingerprint density at radius 1 is 0.652 bits per heavy atom. The maximum absolute atomic E-state index is 15.3. The molecule has 1 aromatic heterocycles. The minimum atomic E-state index is -1.37. The van der Waals surface area contributed by atoms with E-state index in [9.17, 15) is 59.1 Å². The standard InChI is InChI=1S/C44H65FN8O13/c45-34-28-32-35(50(31-10-11-31)30-33(43(32)61)44(62)63)29-36(34)48-23-25-49(26-24-48)39(57)16-17-42(60)53(66)21-7-2-5-19-47-37(55)12-14-40(58)51(64)20-6-1-4-18-46-38(56)13-15-41(59)52(65)22-8-3-9-27-54/h28-31,54,64-66H,1-27H2,(H,46,56)(H,47,55)(H,62,63). The first kappa shape index (κ1) is 52.9. The van der Waals surface area contributed by atoms with Gasteiger partial charge >= 0.3 is 5.97 Å². The van der Waals surface area contributed by atoms with Crippen LogP contribution < -0.4 is 21.0 Å². The monoisotopic (exact) mass is 932 g/mol. The van der Waals surface area contributed by atoms with Crippen LogP contribution in [0.3, 0.4) is 0 Å². The molecule has 1 saturated carbocycles. The van der Waals surface area contributed by atoms with Gasteiger partial charge < -0.3 is 35.2 Å². The summed E-state index contributed by atoms with van der Waals surface area (Å²) < 4.78 is 17.1. The van der Waals surface area contributed by atoms with E-state index in [1.165, 1.54) is 6.20 Å². The number of unbranched alkanes of at least 4 members (excludes halogenated alkanes) is 6. The molecule has 2 aliphatic rings. The van der Waals surface area contributed by atoms with Crippen molar-refractivity contribution in [3.63, 3.8) is 0 Å². The van der Waals surface area contributed by atoms with Gasteiger partial charge in [-0.2, -0.15) is 0 Å². The fourth-order valence-corrected chi connectivity index (χ4v) is 7.49. The van der Waals surface area contributed by atoms with E-state index in [-0.39, 0.29) is 113 Å². The van der Waals surface area contributed by atoms with E-state index in [1.54, 1.807) is 20.4 Å². The van der Waals surface area contributed by atoms with E-state index in [0.717, 1.165) is 18.9 Å². The Morgan fingerprint density at radius 2 is 1.14 bits per heavy atom. The molecule has 0 spiro atoms. The van der Waals surface area contributed by atoms with Crippen molar-refractivity contribution >= 4 is 58.0 Å². The zero-order chi connectivity index (χ0) is 48.2. The molecule has 4 rings (SSSR count). The van der Waals surface area contributed by atoms with E-state index >= 15 is 4.39 Å². The third-order valence-electron chi connectivity index (χ3n) is 11.6. The zero-order valence-electron chi connectivity index (χ0n) is 37.5. The second kappa shape index (κ2) is 27.1. The van der Waals surface area contributed by atoms with Crippen LogP contribution in [0, 0.1) is 5.82 Å². The van der Waals surface area contributed by atoms with Gasteiger partial charge in [0.15, 0.2) is 0 Å². The van der Waals surface area contributed by atoms with E-state index in [0.29, 0.717) is 105 Å². The smallest absolute Gasteiger partial charge is 0.341 e. The first-order valence-electron chi connectivity index (χ1n) is 22.9. The lowest BCUT2D eigenvalue weighted by molar-refractivity contribution is -0.166. The Kier molecular flexibility index (Phi) is 21.7. The van der Waals surface area contributed by atoms with Crippen molar-refractivity contribution in [3.8, 4) is 0 Å². The molecule has 2 heterocycles. The van der Waals surface area contributed by atoms with Crippen molar-refractivity contribution in [1.82, 2.24) is 35.3 Å². The molecule has 7 N–H and O–H groups in total. The van der Waals surface area contributed by atoms with E-state index in [2.05, 4.69) is 10.6 Å². The highest BCUT2D eigenvalue weighted by molar-refractivity contribution is 5.94. The number of nitrogens with one attached hydrogen (secondary N) is 2. The number of aromatic carboxylic acids is 1. The minimum absolute atomic E-state index is 0.00266. The SMILES string of the molecule is O=C(CCC(=O)N(O)CCCCCO)NCCCCCN(O)C(=O)CCC(=O)NCCCCCN(O)C(=O)CCC(=O)N1CCN(c2cc3c(cc2F)c(=O)c(C(=O)O)cn3C2CC2)CC1. The van der Waals surface area contributed by atoms with E-state index in [1.807, 2.05) is 0 Å². The number of fused-ring (bicyclic) bond motifs is 1. The number of hydrogen-bond donors (Lipinski definition) is 7. The molecule has 2 fully saturated rings. The molecule has 2 aromatic rings. The highest BCUT2D eigenvalue weighted by atomic mass is 19.1. The van der Waals surface area contributed by atoms with Crippen LogP contribution in [0.15, 0.2) is 23.1 Å². The van der Waals surface area contributed by atoms with Gasteiger partial charge in [-0.15, -0.1) is 0 Å². The number of carbonyl (C=O) groups is 7. The molecule has 0 unspecified atom stereocenters. The molecule has 1 aromatic carbocycles. The Hall–Kier alpha value is -5.71. The largest absolute Gasteiger partial charge is 0.477 e. The van der Waals surface area contributed by atoms with Crippen LogP contribution in [0.2, 0.25) is 0 Å². The van der Waals surface area contributed by atoms with Gasteiger partial charge in [0.1, 0.15) is 11.4 Å². The third kappa shape index (κ3) is 16.9. The predicted molar refractivity (Wildman–Crippen MR) is 235 cm³/mol. The lowest BCUT2D eigenvalue weighted by Gasteiger charge is -2.36. The molecule has 1 aliphatic heterocycles. The Labute approximate surface area is 381 Å². The molecular weight excluding hydrogens is 868 g/mol. The number of aliphatic hydroxyl groups is 1. The molecular formula is C44H65FN8O13. The van der Waals surface area contributed by atoms with Gasteiger partial charge in [0.2, 0.25) is 40.9 Å². The van der Waals surface area contributed by atoms with E-state index in [4.69, 9.17) is 5.11 Å². The van der Waals surface area contributed by atoms with Crippen molar-refractivity contribution in [2.24, 2.45) is 0 Å². The summed E-state index contributed by atoms with van der Waals surface area (Å²) in [7, 11) is 0. The predicted octanol–water partition coefficient (Wildman–Crippen LogP) is 2.55. The number of pyridine rings is 1. The summed E-state index contributed by atoms with van der Waals surface area (Å²) in [5.74, 6) is -4.82. The van der Waals surface area contributed by atoms with Crippen LogP contribution in [0.1, 0.15) is 126 Å². The maximum Gasteiger partial charge on any atom is 0.341 e. The first-order chi connectivity index (χ1) is 31.6. The van der Waals surface area contributed by atoms with Crippen LogP contribution in [0.25, 0.3) is 10.9 Å². The molecule has 1 saturated heterocycles. The first-order valence-corrected chi connectivity index (χ1v) is 22.9. The number of aliphatic hydroxyl groups excluding tert-OH is 1. The number of carboxylic acids is 1. The van der Waals surface area contributed by atoms with Crippen LogP contribution in [-0.4, -0.2) is 157 Å². The molecule has 22 heteroatoms. The summed E-state index contributed by atoms with van der Waals surface area (Å²) in [4.78, 5) is 102. The van der Waals surface area contributed by atoms with Gasteiger partial charge in [0.05, 0.1) is 11.2 Å². The number of carboxylic acid groups (broad SMARTS) is 1. The zero-order valence-corrected chi connectivity index (χ0v) is 37.5. The number of hydroxylamine groups is 6. The lowest BCUT2D eigenvalue weighted by Crippen LogP contribution is -2.49. The summed E-state index contributed by atoms with van der Waals surface area (Å²) in [5.41, 5.74) is -0.461. The van der Waals surface area contributed by atoms with Crippen molar-refractivity contribution in [1.29, 1.82) is 0 Å². The van der Waals surface area contributed by atoms with Crippen molar-refractivity contribution in [2.75, 3.05) is 70.4 Å². The topological polar surface area (TPSA) is 283 Å². The number of hydrogen-bond acceptors (Lipinski definition) is 13. The van der Waals surface area contributed by atoms with Gasteiger partial charge in [-0.25, -0.2) is 24.4 Å². The van der Waals surface area contributed by atoms with Crippen LogP contribution in [0.5, 0.6) is 0 Å². The number of piperazine rings is 1. The van der Waals surface area contributed by atoms with Crippen molar-refractivity contribution in [2.45, 2.75) is 115 Å². The average molecular weight is 933 g/mol. The fourth-order valence-electron chi connectivity index (χ4n) is 7.49. The highest BCUT2D eigenvalue weighted by Gasteiger charge is 2.29. The van der Waals surface area contributed by atoms with Crippen molar-refractivity contribution in [3.05, 3.63) is 39.9 Å². The number of benzene rings is 1. The molecule has 0 bridgehead atoms. The molecule has 366 valence electrons. The van der Waals surface area contributed by atoms with Gasteiger partial charge in [-0.05, 0) is 82.8 Å². The number of halogens is 1. The van der Waals surface area contributed by atoms with Gasteiger partial charge in [0.25, 0.3) is 0 Å². The average Bonchev–Trinajstić information content (AvgIpc) is 4.15. The Morgan fingerprint density at radius 3 is 1.61 bits per heavy atom. The number of rotatable bonds is 29. The number of amides is 6. The van der Waals surface area contributed by atoms with Gasteiger partial charge in [0, 0.05) is 122 Å². The third-order valence-corrected chi connectivity index (χ3v) is 11.6. The number of carbonyl (C=O) groups excluding carboxylic acids is 6. The Balaban J connectivity index is 0.998. The highest BCUT2D eigenvalue weighted by Crippen LogP contribution is 2.38. The molecule has 66 heavy (non-hydrogen) atoms. The summed E-state index contributed by atoms with van der Waals surface area (Å²) in [5, 5.41) is 55.4. The quantitative estimate of drug-likeness (QED) is 0.0351. The molecule has 0 radical (unpaired) electrons. The van der Waals surface area contributed by atoms with E-state index < -0.39 is 40.5 Å². The number of nitrogens with zero attached hydrogens (tertiary/aromatic N) is 6. The van der Waals surface area contributed by atoms with Crippen molar-refractivity contribution < 1.29 is 63.8 Å². The second-order valence-corrected chi connectivity index (χ2v) is 16.7. The summed E-state index contributed by atoms with van der Waals surface area (Å²) >= 11 is 0. The number of aromatic nitrogens is 1. The van der Waals surface area contributed by atoms with Crippen LogP contribution in [0.4, 0.5) is 10.1 Å². The maximum atomic E-state index is 15.3. The second-order valence-electron chi connectivity index (χ2n) is 16.7. The van der Waals surface area contributed by atoms with Crippen LogP contribution in [-0.2, 0) is 28.8 Å². The van der Waals surface area contributed by atoms with Gasteiger partial charge in [-0.3, -0.25) is 49.2 Å². The molecule has 0 atom stereocenters. The Bertz CT molecular complexity index is 2060.